The summed E-state index contributed by atoms with van der Waals surface area (Å²) >= 11 is 5.96. The molecule has 1 unspecified atom stereocenters. The van der Waals surface area contributed by atoms with Crippen molar-refractivity contribution < 1.29 is 33.3 Å². The van der Waals surface area contributed by atoms with Crippen LogP contribution in [0, 0.1) is 5.82 Å². The molecule has 2 heterocycles. The number of benzene rings is 3. The Morgan fingerprint density at radius 2 is 1.79 bits per heavy atom. The molecule has 0 bridgehead atoms. The maximum atomic E-state index is 13.8. The number of carbonyl (C=O) groups excluding carboxylic acids is 2. The zero-order valence-corrected chi connectivity index (χ0v) is 18.5. The number of amides is 1. The van der Waals surface area contributed by atoms with Crippen LogP contribution in [-0.2, 0) is 9.59 Å². The largest absolute Gasteiger partial charge is 0.507 e. The maximum absolute atomic E-state index is 13.8. The van der Waals surface area contributed by atoms with Gasteiger partial charge in [-0.3, -0.25) is 14.5 Å². The molecule has 1 amide bonds. The molecule has 1 atom stereocenters. The Morgan fingerprint density at radius 3 is 2.50 bits per heavy atom. The van der Waals surface area contributed by atoms with Gasteiger partial charge < -0.3 is 19.3 Å². The van der Waals surface area contributed by atoms with Crippen molar-refractivity contribution in [2.45, 2.75) is 6.04 Å². The fraction of sp³-hybridized carbons (Fsp3) is 0.120. The Labute approximate surface area is 198 Å². The van der Waals surface area contributed by atoms with Crippen LogP contribution in [0.2, 0.25) is 5.02 Å². The first-order valence-corrected chi connectivity index (χ1v) is 10.6. The van der Waals surface area contributed by atoms with Gasteiger partial charge in [-0.05, 0) is 54.1 Å². The van der Waals surface area contributed by atoms with Gasteiger partial charge in [0.05, 0.1) is 23.7 Å². The van der Waals surface area contributed by atoms with E-state index < -0.39 is 23.5 Å². The molecule has 0 aromatic heterocycles. The minimum Gasteiger partial charge on any atom is -0.507 e. The molecule has 1 saturated heterocycles. The average Bonchev–Trinajstić information content (AvgIpc) is 3.42. The van der Waals surface area contributed by atoms with Gasteiger partial charge in [-0.15, -0.1) is 0 Å². The van der Waals surface area contributed by atoms with Crippen molar-refractivity contribution in [3.63, 3.8) is 0 Å². The number of anilines is 1. The van der Waals surface area contributed by atoms with E-state index in [0.29, 0.717) is 22.8 Å². The molecule has 1 N–H and O–H groups in total. The zero-order valence-electron chi connectivity index (χ0n) is 17.7. The number of hydrogen-bond acceptors (Lipinski definition) is 6. The van der Waals surface area contributed by atoms with Crippen LogP contribution in [0.5, 0.6) is 17.2 Å². The van der Waals surface area contributed by atoms with Crippen molar-refractivity contribution in [1.82, 2.24) is 0 Å². The first-order valence-electron chi connectivity index (χ1n) is 10.2. The second kappa shape index (κ2) is 8.39. The van der Waals surface area contributed by atoms with Gasteiger partial charge >= 0.3 is 0 Å². The molecule has 0 spiro atoms. The number of halogens is 2. The highest BCUT2D eigenvalue weighted by atomic mass is 35.5. The van der Waals surface area contributed by atoms with Crippen LogP contribution in [0.3, 0.4) is 0 Å². The van der Waals surface area contributed by atoms with E-state index in [-0.39, 0.29) is 34.4 Å². The van der Waals surface area contributed by atoms with E-state index in [1.807, 2.05) is 0 Å². The van der Waals surface area contributed by atoms with Crippen molar-refractivity contribution in [3.8, 4) is 17.2 Å². The first-order chi connectivity index (χ1) is 16.4. The monoisotopic (exact) mass is 481 g/mol. The summed E-state index contributed by atoms with van der Waals surface area (Å²) in [6.45, 7) is 0.0428. The van der Waals surface area contributed by atoms with Gasteiger partial charge in [0.1, 0.15) is 17.3 Å². The summed E-state index contributed by atoms with van der Waals surface area (Å²) < 4.78 is 29.7. The predicted molar refractivity (Wildman–Crippen MR) is 122 cm³/mol. The smallest absolute Gasteiger partial charge is 0.300 e. The lowest BCUT2D eigenvalue weighted by Crippen LogP contribution is -2.29. The Kier molecular flexibility index (Phi) is 5.37. The van der Waals surface area contributed by atoms with Crippen LogP contribution in [0.25, 0.3) is 5.76 Å². The molecular formula is C25H17ClFNO6. The number of Topliss-reactive ketones (excluding diaryl/α,β-unsaturated/α-hetero) is 1. The molecule has 1 fully saturated rings. The highest BCUT2D eigenvalue weighted by Crippen LogP contribution is 2.44. The molecule has 34 heavy (non-hydrogen) atoms. The van der Waals surface area contributed by atoms with Gasteiger partial charge in [0.2, 0.25) is 6.79 Å². The highest BCUT2D eigenvalue weighted by molar-refractivity contribution is 6.51. The Bertz CT molecular complexity index is 1350. The molecule has 3 aromatic rings. The van der Waals surface area contributed by atoms with Crippen molar-refractivity contribution in [2.24, 2.45) is 0 Å². The normalized spacial score (nSPS) is 18.4. The number of methoxy groups -OCH3 is 1. The van der Waals surface area contributed by atoms with Gasteiger partial charge in [-0.2, -0.15) is 0 Å². The minimum atomic E-state index is -1.00. The van der Waals surface area contributed by atoms with Gasteiger partial charge in [0.15, 0.2) is 11.5 Å². The molecule has 7 nitrogen and oxygen atoms in total. The highest BCUT2D eigenvalue weighted by Gasteiger charge is 2.47. The predicted octanol–water partition coefficient (Wildman–Crippen LogP) is 4.84. The van der Waals surface area contributed by atoms with Gasteiger partial charge in [-0.25, -0.2) is 4.39 Å². The van der Waals surface area contributed by atoms with Crippen molar-refractivity contribution in [1.29, 1.82) is 0 Å². The average molecular weight is 482 g/mol. The summed E-state index contributed by atoms with van der Waals surface area (Å²) in [6.07, 6.45) is 0. The van der Waals surface area contributed by atoms with Crippen molar-refractivity contribution in [2.75, 3.05) is 18.8 Å². The number of aliphatic hydroxyl groups excluding tert-OH is 1. The van der Waals surface area contributed by atoms with E-state index in [1.54, 1.807) is 36.4 Å². The Balaban J connectivity index is 1.70. The quantitative estimate of drug-likeness (QED) is 0.326. The van der Waals surface area contributed by atoms with Gasteiger partial charge in [-0.1, -0.05) is 23.7 Å². The van der Waals surface area contributed by atoms with Crippen LogP contribution in [-0.4, -0.2) is 30.7 Å². The summed E-state index contributed by atoms with van der Waals surface area (Å²) in [7, 11) is 1.52. The third-order valence-corrected chi connectivity index (χ3v) is 5.99. The molecular weight excluding hydrogens is 465 g/mol. The third-order valence-electron chi connectivity index (χ3n) is 5.70. The SMILES string of the molecule is COc1ccc(C2/C(=C(/O)c3ccc4c(c3)OCO4)C(=O)C(=O)N2c2ccc(F)c(Cl)c2)cc1. The molecule has 0 saturated carbocycles. The molecule has 3 aromatic carbocycles. The second-order valence-corrected chi connectivity index (χ2v) is 8.02. The van der Waals surface area contributed by atoms with Gasteiger partial charge in [0, 0.05) is 11.3 Å². The van der Waals surface area contributed by atoms with E-state index in [1.165, 1.54) is 30.2 Å². The number of aliphatic hydroxyl groups is 1. The number of carbonyl (C=O) groups is 2. The van der Waals surface area contributed by atoms with Crippen molar-refractivity contribution in [3.05, 3.63) is 88.2 Å². The maximum Gasteiger partial charge on any atom is 0.300 e. The number of nitrogens with zero attached hydrogens (tertiary/aromatic N) is 1. The molecule has 2 aliphatic heterocycles. The lowest BCUT2D eigenvalue weighted by molar-refractivity contribution is -0.132. The standard InChI is InChI=1S/C25H17ClFNO6/c1-32-16-6-2-13(3-7-16)22-21(23(29)14-4-9-19-20(10-14)34-12-33-19)24(30)25(31)28(22)15-5-8-18(27)17(26)11-15/h2-11,22,29H,12H2,1H3/b23-21-. The van der Waals surface area contributed by atoms with E-state index in [0.717, 1.165) is 6.07 Å². The first kappa shape index (κ1) is 21.8. The summed E-state index contributed by atoms with van der Waals surface area (Å²) in [4.78, 5) is 27.6. The number of fused-ring (bicyclic) bond motifs is 1. The summed E-state index contributed by atoms with van der Waals surface area (Å²) in [5.74, 6) is -1.34. The summed E-state index contributed by atoms with van der Waals surface area (Å²) in [5, 5.41) is 11.0. The minimum absolute atomic E-state index is 0.0428. The zero-order chi connectivity index (χ0) is 24.0. The van der Waals surface area contributed by atoms with E-state index in [4.69, 9.17) is 25.8 Å². The number of ketones is 1. The number of hydrogen-bond donors (Lipinski definition) is 1. The van der Waals surface area contributed by atoms with Crippen LogP contribution >= 0.6 is 11.6 Å². The lowest BCUT2D eigenvalue weighted by atomic mass is 9.95. The second-order valence-electron chi connectivity index (χ2n) is 7.61. The molecule has 2 aliphatic rings. The van der Waals surface area contributed by atoms with Crippen LogP contribution in [0.15, 0.2) is 66.2 Å². The van der Waals surface area contributed by atoms with Crippen LogP contribution < -0.4 is 19.1 Å². The lowest BCUT2D eigenvalue weighted by Gasteiger charge is -2.25. The van der Waals surface area contributed by atoms with Crippen molar-refractivity contribution >= 4 is 34.7 Å². The summed E-state index contributed by atoms with van der Waals surface area (Å²) in [5.41, 5.74) is 0.883. The molecule has 5 rings (SSSR count). The molecule has 9 heteroatoms. The fourth-order valence-corrected chi connectivity index (χ4v) is 4.21. The topological polar surface area (TPSA) is 85.3 Å². The van der Waals surface area contributed by atoms with Crippen LogP contribution in [0.1, 0.15) is 17.2 Å². The molecule has 172 valence electrons. The Hall–Kier alpha value is -4.04. The molecule has 0 aliphatic carbocycles. The van der Waals surface area contributed by atoms with E-state index >= 15 is 0 Å². The van der Waals surface area contributed by atoms with Crippen LogP contribution in [0.4, 0.5) is 10.1 Å². The third kappa shape index (κ3) is 3.52. The summed E-state index contributed by atoms with van der Waals surface area (Å²) in [6, 6.07) is 14.1. The number of ether oxygens (including phenoxy) is 3. The fourth-order valence-electron chi connectivity index (χ4n) is 4.03. The Morgan fingerprint density at radius 1 is 1.06 bits per heavy atom. The van der Waals surface area contributed by atoms with E-state index in [2.05, 4.69) is 0 Å². The van der Waals surface area contributed by atoms with E-state index in [9.17, 15) is 19.1 Å². The molecule has 0 radical (unpaired) electrons. The number of rotatable bonds is 4. The van der Waals surface area contributed by atoms with Gasteiger partial charge in [0.25, 0.3) is 11.7 Å².